The largest absolute Gasteiger partial charge is 0.478 e. The molecule has 2 aromatic carbocycles. The molecule has 0 unspecified atom stereocenters. The number of fused-ring (bicyclic) bond motifs is 1. The Bertz CT molecular complexity index is 1270. The van der Waals surface area contributed by atoms with Crippen LogP contribution in [-0.4, -0.2) is 26.0 Å². The number of aryl methyl sites for hydroxylation is 1. The number of nitro benzene ring substituents is 1. The van der Waals surface area contributed by atoms with Crippen LogP contribution in [0.4, 0.5) is 11.5 Å². The first kappa shape index (κ1) is 19.5. The highest BCUT2D eigenvalue weighted by Gasteiger charge is 2.13. The summed E-state index contributed by atoms with van der Waals surface area (Å²) >= 11 is 1.54. The van der Waals surface area contributed by atoms with Crippen LogP contribution in [0.3, 0.4) is 0 Å². The first-order chi connectivity index (χ1) is 14.4. The normalized spacial score (nSPS) is 10.8. The van der Waals surface area contributed by atoms with Crippen molar-refractivity contribution in [3.8, 4) is 11.4 Å². The van der Waals surface area contributed by atoms with Gasteiger partial charge < -0.3 is 10.4 Å². The predicted octanol–water partition coefficient (Wildman–Crippen LogP) is 4.89. The summed E-state index contributed by atoms with van der Waals surface area (Å²) in [5.74, 6) is 0.0992. The van der Waals surface area contributed by atoms with Crippen molar-refractivity contribution in [3.63, 3.8) is 0 Å². The van der Waals surface area contributed by atoms with Crippen molar-refractivity contribution in [1.82, 2.24) is 9.97 Å². The van der Waals surface area contributed by atoms with E-state index in [1.54, 1.807) is 18.2 Å². The fraction of sp³-hybridized carbons (Fsp3) is 0.0952. The number of rotatable bonds is 6. The molecule has 8 nitrogen and oxygen atoms in total. The molecule has 2 heterocycles. The topological polar surface area (TPSA) is 118 Å². The van der Waals surface area contributed by atoms with Crippen LogP contribution in [0.2, 0.25) is 0 Å². The number of nitrogens with zero attached hydrogens (tertiary/aromatic N) is 3. The maximum Gasteiger partial charge on any atom is 0.335 e. The Kier molecular flexibility index (Phi) is 5.11. The van der Waals surface area contributed by atoms with Gasteiger partial charge in [-0.05, 0) is 30.7 Å². The molecule has 0 amide bonds. The first-order valence-corrected chi connectivity index (χ1v) is 9.81. The van der Waals surface area contributed by atoms with E-state index in [2.05, 4.69) is 15.3 Å². The average molecular weight is 420 g/mol. The maximum absolute atomic E-state index is 11.1. The number of benzene rings is 2. The molecule has 0 aliphatic carbocycles. The SMILES string of the molecule is Cc1cc2c(NCc3cccc([N+](=O)[O-])c3)nc(-c3ccc(C(=O)O)cc3)nc2s1. The van der Waals surface area contributed by atoms with Crippen molar-refractivity contribution in [2.75, 3.05) is 5.32 Å². The van der Waals surface area contributed by atoms with Crippen molar-refractivity contribution in [2.24, 2.45) is 0 Å². The van der Waals surface area contributed by atoms with Crippen LogP contribution in [0, 0.1) is 17.0 Å². The number of carboxylic acid groups (broad SMARTS) is 1. The fourth-order valence-corrected chi connectivity index (χ4v) is 3.91. The fourth-order valence-electron chi connectivity index (χ4n) is 3.03. The summed E-state index contributed by atoms with van der Waals surface area (Å²) in [5, 5.41) is 24.2. The Morgan fingerprint density at radius 2 is 1.93 bits per heavy atom. The number of nitrogens with one attached hydrogen (secondary N) is 1. The van der Waals surface area contributed by atoms with Crippen molar-refractivity contribution in [1.29, 1.82) is 0 Å². The summed E-state index contributed by atoms with van der Waals surface area (Å²) < 4.78 is 0. The van der Waals surface area contributed by atoms with Crippen molar-refractivity contribution < 1.29 is 14.8 Å². The summed E-state index contributed by atoms with van der Waals surface area (Å²) in [6.07, 6.45) is 0. The molecule has 2 aromatic heterocycles. The third kappa shape index (κ3) is 3.96. The van der Waals surface area contributed by atoms with E-state index in [0.29, 0.717) is 23.8 Å². The summed E-state index contributed by atoms with van der Waals surface area (Å²) in [6, 6.07) is 14.8. The lowest BCUT2D eigenvalue weighted by Gasteiger charge is -2.09. The van der Waals surface area contributed by atoms with Gasteiger partial charge >= 0.3 is 5.97 Å². The molecule has 0 aliphatic rings. The Morgan fingerprint density at radius 1 is 1.17 bits per heavy atom. The number of nitro groups is 1. The van der Waals surface area contributed by atoms with Gasteiger partial charge in [0, 0.05) is 29.1 Å². The molecular weight excluding hydrogens is 404 g/mol. The highest BCUT2D eigenvalue weighted by Crippen LogP contribution is 2.31. The number of aromatic carboxylic acids is 1. The number of non-ortho nitro benzene ring substituents is 1. The van der Waals surface area contributed by atoms with Crippen molar-refractivity contribution in [3.05, 3.63) is 80.7 Å². The average Bonchev–Trinajstić information content (AvgIpc) is 3.12. The molecular formula is C21H16N4O4S. The van der Waals surface area contributed by atoms with Crippen molar-refractivity contribution in [2.45, 2.75) is 13.5 Å². The minimum absolute atomic E-state index is 0.0349. The summed E-state index contributed by atoms with van der Waals surface area (Å²) in [7, 11) is 0. The Labute approximate surface area is 175 Å². The smallest absolute Gasteiger partial charge is 0.335 e. The van der Waals surface area contributed by atoms with Crippen LogP contribution in [0.1, 0.15) is 20.8 Å². The van der Waals surface area contributed by atoms with E-state index in [-0.39, 0.29) is 11.3 Å². The second-order valence-electron chi connectivity index (χ2n) is 6.63. The number of hydrogen-bond donors (Lipinski definition) is 2. The van der Waals surface area contributed by atoms with Gasteiger partial charge in [0.1, 0.15) is 10.6 Å². The molecule has 4 aromatic rings. The lowest BCUT2D eigenvalue weighted by Crippen LogP contribution is -2.04. The van der Waals surface area contributed by atoms with Gasteiger partial charge in [0.05, 0.1) is 15.9 Å². The minimum Gasteiger partial charge on any atom is -0.478 e. The first-order valence-electron chi connectivity index (χ1n) is 9.00. The molecule has 0 fully saturated rings. The van der Waals surface area contributed by atoms with E-state index in [1.807, 2.05) is 19.1 Å². The third-order valence-corrected chi connectivity index (χ3v) is 5.43. The highest BCUT2D eigenvalue weighted by atomic mass is 32.1. The van der Waals surface area contributed by atoms with Gasteiger partial charge in [0.2, 0.25) is 0 Å². The zero-order chi connectivity index (χ0) is 21.3. The van der Waals surface area contributed by atoms with E-state index in [9.17, 15) is 14.9 Å². The minimum atomic E-state index is -0.994. The molecule has 2 N–H and O–H groups in total. The number of aromatic nitrogens is 2. The van der Waals surface area contributed by atoms with Crippen LogP contribution in [0.15, 0.2) is 54.6 Å². The lowest BCUT2D eigenvalue weighted by atomic mass is 10.1. The van der Waals surface area contributed by atoms with E-state index in [0.717, 1.165) is 20.7 Å². The van der Waals surface area contributed by atoms with Crippen LogP contribution in [0.25, 0.3) is 21.6 Å². The molecule has 0 aliphatic heterocycles. The number of hydrogen-bond acceptors (Lipinski definition) is 7. The van der Waals surface area contributed by atoms with E-state index in [4.69, 9.17) is 5.11 Å². The second kappa shape index (κ2) is 7.88. The monoisotopic (exact) mass is 420 g/mol. The van der Waals surface area contributed by atoms with Gasteiger partial charge in [-0.25, -0.2) is 14.8 Å². The standard InChI is InChI=1S/C21H16N4O4S/c1-12-9-17-19(22-11-13-3-2-4-16(10-13)25(28)29)23-18(24-20(17)30-12)14-5-7-15(8-6-14)21(26)27/h2-10H,11H2,1H3,(H,26,27)(H,22,23,24). The number of carbonyl (C=O) groups is 1. The lowest BCUT2D eigenvalue weighted by molar-refractivity contribution is -0.384. The Balaban J connectivity index is 1.69. The molecule has 150 valence electrons. The van der Waals surface area contributed by atoms with Gasteiger partial charge in [-0.3, -0.25) is 10.1 Å². The van der Waals surface area contributed by atoms with Gasteiger partial charge in [0.15, 0.2) is 5.82 Å². The van der Waals surface area contributed by atoms with Crippen LogP contribution in [-0.2, 0) is 6.54 Å². The predicted molar refractivity (Wildman–Crippen MR) is 115 cm³/mol. The molecule has 0 saturated carbocycles. The third-order valence-electron chi connectivity index (χ3n) is 4.49. The molecule has 0 spiro atoms. The molecule has 0 saturated heterocycles. The Morgan fingerprint density at radius 3 is 2.63 bits per heavy atom. The molecule has 0 radical (unpaired) electrons. The molecule has 9 heteroatoms. The molecule has 4 rings (SSSR count). The van der Waals surface area contributed by atoms with Gasteiger partial charge in [-0.2, -0.15) is 0 Å². The highest BCUT2D eigenvalue weighted by molar-refractivity contribution is 7.18. The number of carboxylic acids is 1. The number of anilines is 1. The zero-order valence-electron chi connectivity index (χ0n) is 15.8. The van der Waals surface area contributed by atoms with E-state index < -0.39 is 10.9 Å². The van der Waals surface area contributed by atoms with E-state index in [1.165, 1.54) is 35.6 Å². The summed E-state index contributed by atoms with van der Waals surface area (Å²) in [6.45, 7) is 2.35. The van der Waals surface area contributed by atoms with Crippen LogP contribution in [0.5, 0.6) is 0 Å². The second-order valence-corrected chi connectivity index (χ2v) is 7.87. The van der Waals surface area contributed by atoms with Gasteiger partial charge in [-0.15, -0.1) is 11.3 Å². The zero-order valence-corrected chi connectivity index (χ0v) is 16.6. The summed E-state index contributed by atoms with van der Waals surface area (Å²) in [5.41, 5.74) is 1.69. The molecule has 0 bridgehead atoms. The molecule has 30 heavy (non-hydrogen) atoms. The number of thiophene rings is 1. The summed E-state index contributed by atoms with van der Waals surface area (Å²) in [4.78, 5) is 32.8. The van der Waals surface area contributed by atoms with Crippen LogP contribution >= 0.6 is 11.3 Å². The van der Waals surface area contributed by atoms with E-state index >= 15 is 0 Å². The van der Waals surface area contributed by atoms with Gasteiger partial charge in [0.25, 0.3) is 5.69 Å². The Hall–Kier alpha value is -3.85. The van der Waals surface area contributed by atoms with Crippen LogP contribution < -0.4 is 5.32 Å². The maximum atomic E-state index is 11.1. The quantitative estimate of drug-likeness (QED) is 0.337. The van der Waals surface area contributed by atoms with Crippen molar-refractivity contribution >= 4 is 39.0 Å². The van der Waals surface area contributed by atoms with Gasteiger partial charge in [-0.1, -0.05) is 24.3 Å². The molecule has 0 atom stereocenters.